The lowest BCUT2D eigenvalue weighted by atomic mass is 9.90. The molecule has 0 saturated carbocycles. The first-order valence-electron chi connectivity index (χ1n) is 9.61. The second kappa shape index (κ2) is 10.0. The first kappa shape index (κ1) is 23.1. The zero-order valence-electron chi connectivity index (χ0n) is 17.4. The molecule has 29 heavy (non-hydrogen) atoms. The Hall–Kier alpha value is -2.16. The summed E-state index contributed by atoms with van der Waals surface area (Å²) in [6.45, 7) is 7.30. The number of phenolic OH excluding ortho intramolecular Hbond substituents is 1. The Bertz CT molecular complexity index is 855. The molecule has 0 aromatic heterocycles. The van der Waals surface area contributed by atoms with Crippen LogP contribution in [0.1, 0.15) is 44.4 Å². The minimum Gasteiger partial charge on any atom is -0.504 e. The molecule has 0 bridgehead atoms. The fraction of sp³-hybridized carbons (Fsp3) is 0.409. The molecule has 0 fully saturated rings. The summed E-state index contributed by atoms with van der Waals surface area (Å²) in [5, 5.41) is 17.1. The average Bonchev–Trinajstić information content (AvgIpc) is 2.66. The van der Waals surface area contributed by atoms with Gasteiger partial charge in [-0.05, 0) is 32.9 Å². The highest BCUT2D eigenvalue weighted by Crippen LogP contribution is 2.39. The summed E-state index contributed by atoms with van der Waals surface area (Å²) in [6, 6.07) is 13.6. The van der Waals surface area contributed by atoms with E-state index in [2.05, 4.69) is 35.5 Å². The molecule has 1 unspecified atom stereocenters. The monoisotopic (exact) mass is 511 g/mol. The lowest BCUT2D eigenvalue weighted by Crippen LogP contribution is -2.45. The molecule has 7 heteroatoms. The summed E-state index contributed by atoms with van der Waals surface area (Å²) in [5.41, 5.74) is 1.56. The predicted molar refractivity (Wildman–Crippen MR) is 127 cm³/mol. The lowest BCUT2D eigenvalue weighted by Gasteiger charge is -2.38. The fourth-order valence-electron chi connectivity index (χ4n) is 3.44. The number of aromatic hydroxyl groups is 1. The zero-order chi connectivity index (χ0) is 20.1. The Morgan fingerprint density at radius 2 is 2.00 bits per heavy atom. The number of aliphatic imine (C=N–C) groups is 1. The van der Waals surface area contributed by atoms with Crippen molar-refractivity contribution in [3.8, 4) is 17.2 Å². The summed E-state index contributed by atoms with van der Waals surface area (Å²) in [6.07, 6.45) is 0.818. The molecule has 1 aliphatic rings. The topological polar surface area (TPSA) is 75.1 Å². The van der Waals surface area contributed by atoms with Crippen molar-refractivity contribution in [2.24, 2.45) is 4.99 Å². The molecular weight excluding hydrogens is 481 g/mol. The van der Waals surface area contributed by atoms with Crippen molar-refractivity contribution in [3.05, 3.63) is 53.6 Å². The van der Waals surface area contributed by atoms with Crippen LogP contribution in [-0.2, 0) is 6.54 Å². The van der Waals surface area contributed by atoms with Crippen LogP contribution in [0.4, 0.5) is 0 Å². The van der Waals surface area contributed by atoms with Crippen molar-refractivity contribution in [1.29, 1.82) is 0 Å². The van der Waals surface area contributed by atoms with Gasteiger partial charge in [0.2, 0.25) is 0 Å². The molecule has 2 aromatic carbocycles. The van der Waals surface area contributed by atoms with Gasteiger partial charge in [0.25, 0.3) is 0 Å². The third-order valence-corrected chi connectivity index (χ3v) is 4.74. The molecule has 2 aromatic rings. The molecule has 3 rings (SSSR count). The molecule has 0 spiro atoms. The van der Waals surface area contributed by atoms with Gasteiger partial charge in [0.1, 0.15) is 11.4 Å². The Balaban J connectivity index is 0.00000300. The molecule has 3 N–H and O–H groups in total. The van der Waals surface area contributed by atoms with Crippen molar-refractivity contribution in [2.75, 3.05) is 13.7 Å². The van der Waals surface area contributed by atoms with E-state index in [4.69, 9.17) is 9.47 Å². The molecule has 1 aliphatic heterocycles. The molecule has 0 radical (unpaired) electrons. The van der Waals surface area contributed by atoms with Gasteiger partial charge >= 0.3 is 0 Å². The molecule has 0 saturated heterocycles. The quantitative estimate of drug-likeness (QED) is 0.316. The number of para-hydroxylation sites is 2. The van der Waals surface area contributed by atoms with Gasteiger partial charge in [-0.1, -0.05) is 30.3 Å². The molecular formula is C22H30IN3O3. The number of ether oxygens (including phenoxy) is 2. The van der Waals surface area contributed by atoms with E-state index < -0.39 is 0 Å². The molecule has 0 aliphatic carbocycles. The number of nitrogens with zero attached hydrogens (tertiary/aromatic N) is 1. The third-order valence-electron chi connectivity index (χ3n) is 4.74. The van der Waals surface area contributed by atoms with Crippen LogP contribution in [0.2, 0.25) is 0 Å². The summed E-state index contributed by atoms with van der Waals surface area (Å²) in [4.78, 5) is 4.67. The zero-order valence-corrected chi connectivity index (χ0v) is 19.7. The Morgan fingerprint density at radius 3 is 2.72 bits per heavy atom. The fourth-order valence-corrected chi connectivity index (χ4v) is 3.44. The number of methoxy groups -OCH3 is 1. The van der Waals surface area contributed by atoms with Gasteiger partial charge in [0.05, 0.1) is 19.7 Å². The SMILES string of the molecule is CCNC(=NCc1cccc(OC)c1O)NC1CC(C)(C)Oc2ccccc21.I. The lowest BCUT2D eigenvalue weighted by molar-refractivity contribution is 0.0694. The number of phenols is 1. The maximum absolute atomic E-state index is 10.3. The van der Waals surface area contributed by atoms with E-state index in [0.717, 1.165) is 24.3 Å². The van der Waals surface area contributed by atoms with E-state index in [1.54, 1.807) is 6.07 Å². The first-order valence-corrected chi connectivity index (χ1v) is 9.61. The third kappa shape index (κ3) is 5.68. The second-order valence-corrected chi connectivity index (χ2v) is 7.46. The maximum Gasteiger partial charge on any atom is 0.192 e. The number of hydrogen-bond acceptors (Lipinski definition) is 4. The van der Waals surface area contributed by atoms with Gasteiger partial charge in [-0.25, -0.2) is 4.99 Å². The highest BCUT2D eigenvalue weighted by atomic mass is 127. The van der Waals surface area contributed by atoms with Crippen molar-refractivity contribution >= 4 is 29.9 Å². The van der Waals surface area contributed by atoms with Crippen LogP contribution in [0.5, 0.6) is 17.2 Å². The van der Waals surface area contributed by atoms with Crippen molar-refractivity contribution in [1.82, 2.24) is 10.6 Å². The number of fused-ring (bicyclic) bond motifs is 1. The van der Waals surface area contributed by atoms with Crippen molar-refractivity contribution in [2.45, 2.75) is 45.4 Å². The average molecular weight is 511 g/mol. The van der Waals surface area contributed by atoms with Crippen LogP contribution >= 0.6 is 24.0 Å². The highest BCUT2D eigenvalue weighted by Gasteiger charge is 2.33. The number of benzene rings is 2. The number of guanidine groups is 1. The highest BCUT2D eigenvalue weighted by molar-refractivity contribution is 14.0. The van der Waals surface area contributed by atoms with Gasteiger partial charge in [-0.15, -0.1) is 24.0 Å². The van der Waals surface area contributed by atoms with Crippen LogP contribution in [0.25, 0.3) is 0 Å². The second-order valence-electron chi connectivity index (χ2n) is 7.46. The minimum atomic E-state index is -0.269. The van der Waals surface area contributed by atoms with Crippen LogP contribution in [0.3, 0.4) is 0 Å². The van der Waals surface area contributed by atoms with Crippen molar-refractivity contribution < 1.29 is 14.6 Å². The maximum atomic E-state index is 10.3. The van der Waals surface area contributed by atoms with Gasteiger partial charge < -0.3 is 25.2 Å². The molecule has 158 valence electrons. The standard InChI is InChI=1S/C22H29N3O3.HI/c1-5-23-21(24-14-15-9-8-12-19(27-4)20(15)26)25-17-13-22(2,3)28-18-11-7-6-10-16(17)18;/h6-12,17,26H,5,13-14H2,1-4H3,(H2,23,24,25);1H. The first-order chi connectivity index (χ1) is 13.4. The Labute approximate surface area is 189 Å². The predicted octanol–water partition coefficient (Wildman–Crippen LogP) is 4.38. The van der Waals surface area contributed by atoms with E-state index in [1.165, 1.54) is 7.11 Å². The molecule has 1 heterocycles. The van der Waals surface area contributed by atoms with Crippen molar-refractivity contribution in [3.63, 3.8) is 0 Å². The van der Waals surface area contributed by atoms with Crippen LogP contribution < -0.4 is 20.1 Å². The van der Waals surface area contributed by atoms with E-state index in [9.17, 15) is 5.11 Å². The van der Waals surface area contributed by atoms with Gasteiger partial charge in [0, 0.05) is 24.1 Å². The van der Waals surface area contributed by atoms with Crippen LogP contribution in [0.15, 0.2) is 47.5 Å². The van der Waals surface area contributed by atoms with Gasteiger partial charge in [-0.2, -0.15) is 0 Å². The van der Waals surface area contributed by atoms with Gasteiger partial charge in [0.15, 0.2) is 17.5 Å². The van der Waals surface area contributed by atoms with E-state index in [0.29, 0.717) is 23.8 Å². The van der Waals surface area contributed by atoms with Crippen LogP contribution in [-0.4, -0.2) is 30.3 Å². The summed E-state index contributed by atoms with van der Waals surface area (Å²) < 4.78 is 11.3. The smallest absolute Gasteiger partial charge is 0.192 e. The van der Waals surface area contributed by atoms with Gasteiger partial charge in [-0.3, -0.25) is 0 Å². The van der Waals surface area contributed by atoms with E-state index in [1.807, 2.05) is 37.3 Å². The largest absolute Gasteiger partial charge is 0.504 e. The van der Waals surface area contributed by atoms with Crippen LogP contribution in [0, 0.1) is 0 Å². The van der Waals surface area contributed by atoms with E-state index in [-0.39, 0.29) is 41.4 Å². The summed E-state index contributed by atoms with van der Waals surface area (Å²) in [5.74, 6) is 2.17. The molecule has 0 amide bonds. The minimum absolute atomic E-state index is 0. The Morgan fingerprint density at radius 1 is 1.24 bits per heavy atom. The number of rotatable bonds is 5. The molecule has 1 atom stereocenters. The normalized spacial score (nSPS) is 17.4. The number of halogens is 1. The molecule has 6 nitrogen and oxygen atoms in total. The number of hydrogen-bond donors (Lipinski definition) is 3. The number of nitrogens with one attached hydrogen (secondary N) is 2. The Kier molecular flexibility index (Phi) is 8.01. The van der Waals surface area contributed by atoms with E-state index >= 15 is 0 Å². The summed E-state index contributed by atoms with van der Waals surface area (Å²) in [7, 11) is 1.54. The summed E-state index contributed by atoms with van der Waals surface area (Å²) >= 11 is 0.